The van der Waals surface area contributed by atoms with Crippen molar-refractivity contribution in [1.29, 1.82) is 0 Å². The number of ether oxygens (including phenoxy) is 1. The van der Waals surface area contributed by atoms with Crippen LogP contribution in [0.2, 0.25) is 0 Å². The molecule has 1 rings (SSSR count). The van der Waals surface area contributed by atoms with Crippen molar-refractivity contribution < 1.29 is 24.5 Å². The average molecular weight is 210 g/mol. The molecule has 80 valence electrons. The van der Waals surface area contributed by atoms with E-state index in [1.54, 1.807) is 0 Å². The Morgan fingerprint density at radius 3 is 2.67 bits per heavy atom. The number of aliphatic carboxylic acids is 1. The number of aldehydes is 1. The van der Waals surface area contributed by atoms with Gasteiger partial charge in [0.25, 0.3) is 0 Å². The van der Waals surface area contributed by atoms with E-state index in [9.17, 15) is 14.7 Å². The third-order valence-electron chi connectivity index (χ3n) is 1.79. The van der Waals surface area contributed by atoms with Crippen LogP contribution in [0.25, 0.3) is 0 Å². The highest BCUT2D eigenvalue weighted by molar-refractivity contribution is 5.79. The van der Waals surface area contributed by atoms with Gasteiger partial charge in [-0.3, -0.25) is 4.79 Å². The summed E-state index contributed by atoms with van der Waals surface area (Å²) in [5.41, 5.74) is 0.130. The van der Waals surface area contributed by atoms with Crippen LogP contribution >= 0.6 is 0 Å². The summed E-state index contributed by atoms with van der Waals surface area (Å²) in [7, 11) is 0. The van der Waals surface area contributed by atoms with Crippen LogP contribution in [0.1, 0.15) is 17.3 Å². The monoisotopic (exact) mass is 210 g/mol. The molecule has 1 aromatic rings. The summed E-state index contributed by atoms with van der Waals surface area (Å²) in [4.78, 5) is 20.8. The first-order chi connectivity index (χ1) is 7.04. The summed E-state index contributed by atoms with van der Waals surface area (Å²) in [5, 5.41) is 17.9. The number of hydrogen-bond donors (Lipinski definition) is 2. The zero-order valence-corrected chi connectivity index (χ0v) is 8.01. The van der Waals surface area contributed by atoms with Crippen LogP contribution < -0.4 is 4.74 Å². The number of phenolic OH excluding ortho intramolecular Hbond substituents is 1. The van der Waals surface area contributed by atoms with Crippen LogP contribution in [0.15, 0.2) is 18.2 Å². The first-order valence-corrected chi connectivity index (χ1v) is 4.22. The van der Waals surface area contributed by atoms with Gasteiger partial charge in [-0.2, -0.15) is 0 Å². The van der Waals surface area contributed by atoms with Crippen LogP contribution in [0.5, 0.6) is 11.5 Å². The molecule has 0 aliphatic heterocycles. The molecule has 0 spiro atoms. The van der Waals surface area contributed by atoms with Gasteiger partial charge in [-0.15, -0.1) is 0 Å². The maximum Gasteiger partial charge on any atom is 0.344 e. The van der Waals surface area contributed by atoms with Gasteiger partial charge in [0.2, 0.25) is 0 Å². The molecule has 0 radical (unpaired) electrons. The van der Waals surface area contributed by atoms with Crippen molar-refractivity contribution in [1.82, 2.24) is 0 Å². The summed E-state index contributed by atoms with van der Waals surface area (Å²) in [6.07, 6.45) is -0.508. The second-order valence-corrected chi connectivity index (χ2v) is 2.94. The van der Waals surface area contributed by atoms with Crippen molar-refractivity contribution in [3.05, 3.63) is 23.8 Å². The number of carboxylic acids is 1. The Hall–Kier alpha value is -2.04. The predicted octanol–water partition coefficient (Wildman–Crippen LogP) is 1.06. The van der Waals surface area contributed by atoms with E-state index in [1.807, 2.05) is 0 Å². The Labute approximate surface area is 85.9 Å². The largest absolute Gasteiger partial charge is 0.507 e. The number of rotatable bonds is 4. The quantitative estimate of drug-likeness (QED) is 0.726. The first kappa shape index (κ1) is 11.0. The second-order valence-electron chi connectivity index (χ2n) is 2.94. The van der Waals surface area contributed by atoms with Gasteiger partial charge in [-0.05, 0) is 19.1 Å². The van der Waals surface area contributed by atoms with Crippen molar-refractivity contribution in [3.63, 3.8) is 0 Å². The van der Waals surface area contributed by atoms with Crippen LogP contribution in [-0.2, 0) is 4.79 Å². The number of carboxylic acid groups (broad SMARTS) is 1. The van der Waals surface area contributed by atoms with Crippen molar-refractivity contribution in [2.75, 3.05) is 0 Å². The van der Waals surface area contributed by atoms with Gasteiger partial charge in [-0.1, -0.05) is 0 Å². The van der Waals surface area contributed by atoms with E-state index < -0.39 is 12.1 Å². The van der Waals surface area contributed by atoms with Gasteiger partial charge >= 0.3 is 5.97 Å². The third-order valence-corrected chi connectivity index (χ3v) is 1.79. The van der Waals surface area contributed by atoms with Gasteiger partial charge in [0, 0.05) is 6.07 Å². The lowest BCUT2D eigenvalue weighted by atomic mass is 10.2. The Balaban J connectivity index is 2.84. The lowest BCUT2D eigenvalue weighted by Gasteiger charge is -2.10. The van der Waals surface area contributed by atoms with Gasteiger partial charge < -0.3 is 14.9 Å². The van der Waals surface area contributed by atoms with E-state index in [4.69, 9.17) is 9.84 Å². The number of carbonyl (C=O) groups is 2. The van der Waals surface area contributed by atoms with Gasteiger partial charge in [0.1, 0.15) is 11.5 Å². The Kier molecular flexibility index (Phi) is 3.28. The highest BCUT2D eigenvalue weighted by Gasteiger charge is 2.13. The number of aromatic hydroxyl groups is 1. The molecule has 1 atom stereocenters. The first-order valence-electron chi connectivity index (χ1n) is 4.22. The van der Waals surface area contributed by atoms with E-state index in [0.717, 1.165) is 0 Å². The Morgan fingerprint density at radius 1 is 1.53 bits per heavy atom. The zero-order chi connectivity index (χ0) is 11.4. The van der Waals surface area contributed by atoms with E-state index in [0.29, 0.717) is 6.29 Å². The highest BCUT2D eigenvalue weighted by atomic mass is 16.5. The third kappa shape index (κ3) is 2.70. The lowest BCUT2D eigenvalue weighted by Crippen LogP contribution is -2.22. The molecular formula is C10H10O5. The second kappa shape index (κ2) is 4.45. The molecule has 2 N–H and O–H groups in total. The molecule has 0 fully saturated rings. The topological polar surface area (TPSA) is 83.8 Å². The molecule has 1 aromatic carbocycles. The summed E-state index contributed by atoms with van der Waals surface area (Å²) in [6, 6.07) is 3.97. The summed E-state index contributed by atoms with van der Waals surface area (Å²) in [5.74, 6) is -1.14. The Morgan fingerprint density at radius 2 is 2.20 bits per heavy atom. The van der Waals surface area contributed by atoms with E-state index in [2.05, 4.69) is 0 Å². The fraction of sp³-hybridized carbons (Fsp3) is 0.200. The summed E-state index contributed by atoms with van der Waals surface area (Å²) in [6.45, 7) is 1.37. The minimum Gasteiger partial charge on any atom is -0.507 e. The number of benzene rings is 1. The fourth-order valence-corrected chi connectivity index (χ4v) is 0.951. The molecule has 0 bridgehead atoms. The van der Waals surface area contributed by atoms with E-state index in [1.165, 1.54) is 25.1 Å². The molecule has 0 saturated heterocycles. The zero-order valence-electron chi connectivity index (χ0n) is 8.01. The maximum absolute atomic E-state index is 10.5. The molecular weight excluding hydrogens is 200 g/mol. The fourth-order valence-electron chi connectivity index (χ4n) is 0.951. The molecule has 0 heterocycles. The SMILES string of the molecule is CC(Oc1ccc(C=O)c(O)c1)C(=O)O. The molecule has 5 nitrogen and oxygen atoms in total. The molecule has 0 aliphatic carbocycles. The maximum atomic E-state index is 10.5. The van der Waals surface area contributed by atoms with Crippen LogP contribution in [0, 0.1) is 0 Å². The molecule has 0 aliphatic rings. The van der Waals surface area contributed by atoms with Gasteiger partial charge in [0.15, 0.2) is 12.4 Å². The molecule has 0 aromatic heterocycles. The molecule has 0 amide bonds. The van der Waals surface area contributed by atoms with Crippen molar-refractivity contribution in [2.45, 2.75) is 13.0 Å². The summed E-state index contributed by atoms with van der Waals surface area (Å²) < 4.78 is 4.98. The van der Waals surface area contributed by atoms with Crippen LogP contribution in [0.3, 0.4) is 0 Å². The summed E-state index contributed by atoms with van der Waals surface area (Å²) >= 11 is 0. The van der Waals surface area contributed by atoms with Crippen LogP contribution in [-0.4, -0.2) is 28.6 Å². The van der Waals surface area contributed by atoms with Crippen LogP contribution in [0.4, 0.5) is 0 Å². The van der Waals surface area contributed by atoms with Crippen molar-refractivity contribution in [3.8, 4) is 11.5 Å². The minimum atomic E-state index is -1.10. The van der Waals surface area contributed by atoms with Crippen molar-refractivity contribution in [2.24, 2.45) is 0 Å². The predicted molar refractivity (Wildman–Crippen MR) is 51.2 cm³/mol. The lowest BCUT2D eigenvalue weighted by molar-refractivity contribution is -0.144. The molecule has 15 heavy (non-hydrogen) atoms. The number of carbonyl (C=O) groups excluding carboxylic acids is 1. The average Bonchev–Trinajstić information content (AvgIpc) is 2.18. The highest BCUT2D eigenvalue weighted by Crippen LogP contribution is 2.22. The number of phenols is 1. The molecule has 5 heteroatoms. The molecule has 1 unspecified atom stereocenters. The number of hydrogen-bond acceptors (Lipinski definition) is 4. The normalized spacial score (nSPS) is 11.8. The van der Waals surface area contributed by atoms with Crippen molar-refractivity contribution >= 4 is 12.3 Å². The van der Waals surface area contributed by atoms with E-state index in [-0.39, 0.29) is 17.1 Å². The Bertz CT molecular complexity index is 385. The molecule has 0 saturated carbocycles. The standard InChI is InChI=1S/C10H10O5/c1-6(10(13)14)15-8-3-2-7(5-11)9(12)4-8/h2-6,12H,1H3,(H,13,14). The van der Waals surface area contributed by atoms with Gasteiger partial charge in [-0.25, -0.2) is 4.79 Å². The minimum absolute atomic E-state index is 0.130. The smallest absolute Gasteiger partial charge is 0.344 e. The van der Waals surface area contributed by atoms with Gasteiger partial charge in [0.05, 0.1) is 5.56 Å². The van der Waals surface area contributed by atoms with E-state index >= 15 is 0 Å².